The van der Waals surface area contributed by atoms with E-state index in [1.54, 1.807) is 13.8 Å². The number of carbonyl (C=O) groups excluding carboxylic acids is 1. The summed E-state index contributed by atoms with van der Waals surface area (Å²) >= 11 is 0. The molecular formula is C14H17N3O3. The second kappa shape index (κ2) is 6.29. The Morgan fingerprint density at radius 1 is 1.40 bits per heavy atom. The maximum atomic E-state index is 11.9. The summed E-state index contributed by atoms with van der Waals surface area (Å²) in [6, 6.07) is 9.34. The largest absolute Gasteiger partial charge is 0.461 e. The number of nitrogens with zero attached hydrogens (tertiary/aromatic N) is 3. The van der Waals surface area contributed by atoms with E-state index in [9.17, 15) is 9.90 Å². The van der Waals surface area contributed by atoms with Crippen LogP contribution in [-0.2, 0) is 11.3 Å². The van der Waals surface area contributed by atoms with E-state index in [1.807, 2.05) is 30.3 Å². The fourth-order valence-corrected chi connectivity index (χ4v) is 1.91. The Morgan fingerprint density at radius 3 is 2.70 bits per heavy atom. The Kier molecular flexibility index (Phi) is 4.47. The topological polar surface area (TPSA) is 77.2 Å². The molecule has 6 heteroatoms. The van der Waals surface area contributed by atoms with Crippen molar-refractivity contribution >= 4 is 5.97 Å². The predicted molar refractivity (Wildman–Crippen MR) is 73.1 cm³/mol. The maximum absolute atomic E-state index is 11.9. The first-order chi connectivity index (χ1) is 9.63. The van der Waals surface area contributed by atoms with E-state index in [1.165, 1.54) is 4.68 Å². The number of hydrogen-bond donors (Lipinski definition) is 1. The van der Waals surface area contributed by atoms with Crippen molar-refractivity contribution in [3.05, 3.63) is 36.0 Å². The smallest absolute Gasteiger partial charge is 0.361 e. The molecule has 1 unspecified atom stereocenters. The lowest BCUT2D eigenvalue weighted by molar-refractivity contribution is 0.0520. The van der Waals surface area contributed by atoms with Gasteiger partial charge in [0.05, 0.1) is 19.3 Å². The SMILES string of the molecule is CCOC(=O)c1nnn(CC(C)O)c1-c1ccccc1. The Labute approximate surface area is 117 Å². The monoisotopic (exact) mass is 275 g/mol. The van der Waals surface area contributed by atoms with Gasteiger partial charge < -0.3 is 9.84 Å². The number of rotatable bonds is 5. The van der Waals surface area contributed by atoms with Crippen molar-refractivity contribution in [3.63, 3.8) is 0 Å². The summed E-state index contributed by atoms with van der Waals surface area (Å²) < 4.78 is 6.51. The highest BCUT2D eigenvalue weighted by molar-refractivity contribution is 5.94. The van der Waals surface area contributed by atoms with Gasteiger partial charge in [-0.3, -0.25) is 0 Å². The standard InChI is InChI=1S/C14H17N3O3/c1-3-20-14(19)12-13(11-7-5-4-6-8-11)17(16-15-12)9-10(2)18/h4-8,10,18H,3,9H2,1-2H3. The van der Waals surface area contributed by atoms with Gasteiger partial charge >= 0.3 is 5.97 Å². The predicted octanol–water partition coefficient (Wildman–Crippen LogP) is 1.50. The van der Waals surface area contributed by atoms with Gasteiger partial charge in [-0.15, -0.1) is 5.10 Å². The number of aliphatic hydroxyl groups excluding tert-OH is 1. The number of esters is 1. The van der Waals surface area contributed by atoms with Crippen LogP contribution in [0.3, 0.4) is 0 Å². The Morgan fingerprint density at radius 2 is 2.10 bits per heavy atom. The highest BCUT2D eigenvalue weighted by atomic mass is 16.5. The molecule has 6 nitrogen and oxygen atoms in total. The van der Waals surface area contributed by atoms with E-state index < -0.39 is 12.1 Å². The molecule has 2 aromatic rings. The molecular weight excluding hydrogens is 258 g/mol. The molecule has 106 valence electrons. The molecule has 0 spiro atoms. The third kappa shape index (κ3) is 3.03. The van der Waals surface area contributed by atoms with Gasteiger partial charge in [0.15, 0.2) is 5.69 Å². The highest BCUT2D eigenvalue weighted by Gasteiger charge is 2.22. The van der Waals surface area contributed by atoms with Crippen LogP contribution < -0.4 is 0 Å². The van der Waals surface area contributed by atoms with Crippen LogP contribution >= 0.6 is 0 Å². The average molecular weight is 275 g/mol. The van der Waals surface area contributed by atoms with Crippen LogP contribution in [0.1, 0.15) is 24.3 Å². The lowest BCUT2D eigenvalue weighted by atomic mass is 10.1. The Bertz CT molecular complexity index is 579. The number of carbonyl (C=O) groups is 1. The number of benzene rings is 1. The Balaban J connectivity index is 2.48. The van der Waals surface area contributed by atoms with E-state index in [0.717, 1.165) is 5.56 Å². The van der Waals surface area contributed by atoms with Gasteiger partial charge in [0.1, 0.15) is 5.69 Å². The molecule has 0 radical (unpaired) electrons. The molecule has 1 heterocycles. The fourth-order valence-electron chi connectivity index (χ4n) is 1.91. The minimum absolute atomic E-state index is 0.165. The quantitative estimate of drug-likeness (QED) is 0.837. The first-order valence-electron chi connectivity index (χ1n) is 6.47. The van der Waals surface area contributed by atoms with Crippen LogP contribution in [0, 0.1) is 0 Å². The maximum Gasteiger partial charge on any atom is 0.361 e. The van der Waals surface area contributed by atoms with Crippen LogP contribution in [0.5, 0.6) is 0 Å². The lowest BCUT2D eigenvalue weighted by Crippen LogP contribution is -2.15. The minimum Gasteiger partial charge on any atom is -0.461 e. The molecule has 0 saturated carbocycles. The van der Waals surface area contributed by atoms with Crippen molar-refractivity contribution in [2.45, 2.75) is 26.5 Å². The zero-order valence-electron chi connectivity index (χ0n) is 11.5. The van der Waals surface area contributed by atoms with Crippen molar-refractivity contribution in [1.82, 2.24) is 15.0 Å². The van der Waals surface area contributed by atoms with Gasteiger partial charge in [0, 0.05) is 5.56 Å². The van der Waals surface area contributed by atoms with Crippen molar-refractivity contribution in [2.24, 2.45) is 0 Å². The molecule has 0 saturated heterocycles. The van der Waals surface area contributed by atoms with Gasteiger partial charge in [-0.05, 0) is 13.8 Å². The van der Waals surface area contributed by atoms with E-state index in [2.05, 4.69) is 10.3 Å². The van der Waals surface area contributed by atoms with E-state index in [4.69, 9.17) is 4.74 Å². The zero-order valence-corrected chi connectivity index (χ0v) is 11.5. The zero-order chi connectivity index (χ0) is 14.5. The molecule has 1 aromatic carbocycles. The molecule has 0 amide bonds. The van der Waals surface area contributed by atoms with E-state index in [-0.39, 0.29) is 18.8 Å². The van der Waals surface area contributed by atoms with Crippen LogP contribution in [-0.4, -0.2) is 38.8 Å². The lowest BCUT2D eigenvalue weighted by Gasteiger charge is -2.09. The number of aliphatic hydroxyl groups is 1. The molecule has 0 bridgehead atoms. The summed E-state index contributed by atoms with van der Waals surface area (Å²) in [6.07, 6.45) is -0.589. The summed E-state index contributed by atoms with van der Waals surface area (Å²) in [5.41, 5.74) is 1.53. The molecule has 0 aliphatic rings. The number of aromatic nitrogens is 3. The molecule has 2 rings (SSSR count). The molecule has 1 atom stereocenters. The number of hydrogen-bond acceptors (Lipinski definition) is 5. The van der Waals surface area contributed by atoms with Crippen LogP contribution in [0.15, 0.2) is 30.3 Å². The third-order valence-corrected chi connectivity index (χ3v) is 2.69. The molecule has 20 heavy (non-hydrogen) atoms. The second-order valence-electron chi connectivity index (χ2n) is 4.40. The third-order valence-electron chi connectivity index (χ3n) is 2.69. The minimum atomic E-state index is -0.589. The molecule has 0 aliphatic heterocycles. The van der Waals surface area contributed by atoms with Crippen molar-refractivity contribution in [2.75, 3.05) is 6.61 Å². The van der Waals surface area contributed by atoms with Crippen molar-refractivity contribution < 1.29 is 14.6 Å². The molecule has 1 N–H and O–H groups in total. The first kappa shape index (κ1) is 14.2. The van der Waals surface area contributed by atoms with Gasteiger partial charge in [0.25, 0.3) is 0 Å². The summed E-state index contributed by atoms with van der Waals surface area (Å²) in [6.45, 7) is 3.92. The van der Waals surface area contributed by atoms with Crippen molar-refractivity contribution in [1.29, 1.82) is 0 Å². The van der Waals surface area contributed by atoms with E-state index in [0.29, 0.717) is 5.69 Å². The van der Waals surface area contributed by atoms with Crippen LogP contribution in [0.4, 0.5) is 0 Å². The second-order valence-corrected chi connectivity index (χ2v) is 4.40. The average Bonchev–Trinajstić information content (AvgIpc) is 2.83. The first-order valence-corrected chi connectivity index (χ1v) is 6.47. The molecule has 1 aromatic heterocycles. The normalized spacial score (nSPS) is 12.2. The van der Waals surface area contributed by atoms with Gasteiger partial charge in [-0.25, -0.2) is 9.48 Å². The summed E-state index contributed by atoms with van der Waals surface area (Å²) in [4.78, 5) is 11.9. The van der Waals surface area contributed by atoms with Crippen molar-refractivity contribution in [3.8, 4) is 11.3 Å². The van der Waals surface area contributed by atoms with Gasteiger partial charge in [0.2, 0.25) is 0 Å². The molecule has 0 fully saturated rings. The summed E-state index contributed by atoms with van der Waals surface area (Å²) in [5.74, 6) is -0.511. The van der Waals surface area contributed by atoms with Crippen LogP contribution in [0.25, 0.3) is 11.3 Å². The van der Waals surface area contributed by atoms with Gasteiger partial charge in [-0.2, -0.15) is 0 Å². The van der Waals surface area contributed by atoms with Crippen LogP contribution in [0.2, 0.25) is 0 Å². The molecule has 0 aliphatic carbocycles. The highest BCUT2D eigenvalue weighted by Crippen LogP contribution is 2.23. The number of ether oxygens (including phenoxy) is 1. The fraction of sp³-hybridized carbons (Fsp3) is 0.357. The Hall–Kier alpha value is -2.21. The summed E-state index contributed by atoms with van der Waals surface area (Å²) in [7, 11) is 0. The van der Waals surface area contributed by atoms with Gasteiger partial charge in [-0.1, -0.05) is 35.5 Å². The van der Waals surface area contributed by atoms with E-state index >= 15 is 0 Å². The summed E-state index contributed by atoms with van der Waals surface area (Å²) in [5, 5.41) is 17.4.